The monoisotopic (exact) mass is 337 g/mol. The molecule has 0 spiro atoms. The smallest absolute Gasteiger partial charge is 0.255 e. The number of hydrogen-bond acceptors (Lipinski definition) is 2. The van der Waals surface area contributed by atoms with Crippen molar-refractivity contribution in [1.82, 2.24) is 0 Å². The first-order chi connectivity index (χ1) is 10.6. The zero-order valence-electron chi connectivity index (χ0n) is 12.2. The summed E-state index contributed by atoms with van der Waals surface area (Å²) in [6.07, 6.45) is 2.05. The van der Waals surface area contributed by atoms with Crippen molar-refractivity contribution < 1.29 is 9.53 Å². The van der Waals surface area contributed by atoms with Crippen LogP contribution in [0.15, 0.2) is 42.5 Å². The molecule has 0 atom stereocenters. The quantitative estimate of drug-likeness (QED) is 0.714. The molecule has 0 radical (unpaired) electrons. The first-order valence-electron chi connectivity index (χ1n) is 7.09. The zero-order valence-corrected chi connectivity index (χ0v) is 13.7. The van der Waals surface area contributed by atoms with E-state index in [9.17, 15) is 4.79 Å². The molecule has 116 valence electrons. The number of benzene rings is 2. The number of nitrogens with one attached hydrogen (secondary N) is 1. The van der Waals surface area contributed by atoms with Gasteiger partial charge in [-0.05, 0) is 42.8 Å². The molecule has 3 nitrogen and oxygen atoms in total. The van der Waals surface area contributed by atoms with Crippen LogP contribution >= 0.6 is 23.2 Å². The van der Waals surface area contributed by atoms with E-state index in [0.29, 0.717) is 33.7 Å². The van der Waals surface area contributed by atoms with E-state index in [1.165, 1.54) is 0 Å². The molecular formula is C17H17Cl2NO2. The SMILES string of the molecule is CCCCOc1cccc(C(=O)Nc2cc(Cl)cc(Cl)c2)c1. The van der Waals surface area contributed by atoms with E-state index in [0.717, 1.165) is 12.8 Å². The average molecular weight is 338 g/mol. The molecular weight excluding hydrogens is 321 g/mol. The Hall–Kier alpha value is -1.71. The number of anilines is 1. The fraction of sp³-hybridized carbons (Fsp3) is 0.235. The third kappa shape index (κ3) is 4.93. The van der Waals surface area contributed by atoms with Crippen LogP contribution in [-0.4, -0.2) is 12.5 Å². The maximum absolute atomic E-state index is 12.3. The molecule has 2 aromatic rings. The summed E-state index contributed by atoms with van der Waals surface area (Å²) < 4.78 is 5.60. The molecule has 1 N–H and O–H groups in total. The fourth-order valence-electron chi connectivity index (χ4n) is 1.89. The second-order valence-electron chi connectivity index (χ2n) is 4.84. The Kier molecular flexibility index (Phi) is 6.10. The number of unbranched alkanes of at least 4 members (excludes halogenated alkanes) is 1. The Balaban J connectivity index is 2.07. The normalized spacial score (nSPS) is 10.3. The van der Waals surface area contributed by atoms with E-state index in [2.05, 4.69) is 12.2 Å². The van der Waals surface area contributed by atoms with Crippen LogP contribution in [0, 0.1) is 0 Å². The zero-order chi connectivity index (χ0) is 15.9. The molecule has 2 rings (SSSR count). The van der Waals surface area contributed by atoms with Gasteiger partial charge in [0.25, 0.3) is 5.91 Å². The van der Waals surface area contributed by atoms with Gasteiger partial charge in [-0.1, -0.05) is 42.6 Å². The van der Waals surface area contributed by atoms with Gasteiger partial charge in [0.2, 0.25) is 0 Å². The van der Waals surface area contributed by atoms with Crippen LogP contribution < -0.4 is 10.1 Å². The number of hydrogen-bond donors (Lipinski definition) is 1. The van der Waals surface area contributed by atoms with Crippen LogP contribution in [0.1, 0.15) is 30.1 Å². The molecule has 0 bridgehead atoms. The van der Waals surface area contributed by atoms with E-state index in [1.807, 2.05) is 6.07 Å². The van der Waals surface area contributed by atoms with Gasteiger partial charge in [0.15, 0.2) is 0 Å². The van der Waals surface area contributed by atoms with Crippen LogP contribution in [0.5, 0.6) is 5.75 Å². The minimum absolute atomic E-state index is 0.237. The minimum atomic E-state index is -0.237. The summed E-state index contributed by atoms with van der Waals surface area (Å²) in [4.78, 5) is 12.3. The largest absolute Gasteiger partial charge is 0.494 e. The molecule has 0 heterocycles. The third-order valence-electron chi connectivity index (χ3n) is 2.98. The van der Waals surface area contributed by atoms with Crippen molar-refractivity contribution in [2.45, 2.75) is 19.8 Å². The van der Waals surface area contributed by atoms with Crippen molar-refractivity contribution in [3.05, 3.63) is 58.1 Å². The second-order valence-corrected chi connectivity index (χ2v) is 5.71. The summed E-state index contributed by atoms with van der Waals surface area (Å²) in [5.41, 5.74) is 1.07. The van der Waals surface area contributed by atoms with Crippen molar-refractivity contribution in [3.63, 3.8) is 0 Å². The van der Waals surface area contributed by atoms with Gasteiger partial charge in [-0.2, -0.15) is 0 Å². The van der Waals surface area contributed by atoms with E-state index >= 15 is 0 Å². The molecule has 0 aliphatic heterocycles. The maximum atomic E-state index is 12.3. The van der Waals surface area contributed by atoms with E-state index in [1.54, 1.807) is 36.4 Å². The summed E-state index contributed by atoms with van der Waals surface area (Å²) in [7, 11) is 0. The van der Waals surface area contributed by atoms with Gasteiger partial charge in [0.05, 0.1) is 6.61 Å². The summed E-state index contributed by atoms with van der Waals surface area (Å²) in [6, 6.07) is 12.0. The molecule has 2 aromatic carbocycles. The van der Waals surface area contributed by atoms with Gasteiger partial charge in [-0.3, -0.25) is 4.79 Å². The lowest BCUT2D eigenvalue weighted by molar-refractivity contribution is 0.102. The summed E-state index contributed by atoms with van der Waals surface area (Å²) in [5.74, 6) is 0.449. The predicted octanol–water partition coefficient (Wildman–Crippen LogP) is 5.42. The Bertz CT molecular complexity index is 639. The lowest BCUT2D eigenvalue weighted by atomic mass is 10.2. The van der Waals surface area contributed by atoms with Gasteiger partial charge >= 0.3 is 0 Å². The number of rotatable bonds is 6. The summed E-state index contributed by atoms with van der Waals surface area (Å²) in [5, 5.41) is 3.71. The molecule has 0 fully saturated rings. The highest BCUT2D eigenvalue weighted by molar-refractivity contribution is 6.35. The maximum Gasteiger partial charge on any atom is 0.255 e. The highest BCUT2D eigenvalue weighted by Crippen LogP contribution is 2.23. The van der Waals surface area contributed by atoms with Gasteiger partial charge in [-0.25, -0.2) is 0 Å². The Morgan fingerprint density at radius 2 is 1.86 bits per heavy atom. The van der Waals surface area contributed by atoms with Crippen LogP contribution in [0.25, 0.3) is 0 Å². The summed E-state index contributed by atoms with van der Waals surface area (Å²) in [6.45, 7) is 2.74. The van der Waals surface area contributed by atoms with Crippen LogP contribution in [0.3, 0.4) is 0 Å². The Morgan fingerprint density at radius 3 is 2.55 bits per heavy atom. The lowest BCUT2D eigenvalue weighted by Gasteiger charge is -2.09. The molecule has 0 aliphatic carbocycles. The third-order valence-corrected chi connectivity index (χ3v) is 3.42. The van der Waals surface area contributed by atoms with Crippen LogP contribution in [0.2, 0.25) is 10.0 Å². The van der Waals surface area contributed by atoms with Crippen molar-refractivity contribution >= 4 is 34.8 Å². The second kappa shape index (κ2) is 8.06. The van der Waals surface area contributed by atoms with Gasteiger partial charge in [0.1, 0.15) is 5.75 Å². The number of ether oxygens (including phenoxy) is 1. The van der Waals surface area contributed by atoms with Gasteiger partial charge < -0.3 is 10.1 Å². The number of halogens is 2. The van der Waals surface area contributed by atoms with Crippen LogP contribution in [0.4, 0.5) is 5.69 Å². The van der Waals surface area contributed by atoms with E-state index < -0.39 is 0 Å². The van der Waals surface area contributed by atoms with Crippen molar-refractivity contribution in [1.29, 1.82) is 0 Å². The number of carbonyl (C=O) groups is 1. The average Bonchev–Trinajstić information content (AvgIpc) is 2.47. The van der Waals surface area contributed by atoms with Crippen molar-refractivity contribution in [2.75, 3.05) is 11.9 Å². The molecule has 0 aromatic heterocycles. The van der Waals surface area contributed by atoms with Crippen LogP contribution in [-0.2, 0) is 0 Å². The number of carbonyl (C=O) groups excluding carboxylic acids is 1. The molecule has 1 amide bonds. The Labute approximate surface area is 140 Å². The van der Waals surface area contributed by atoms with Crippen molar-refractivity contribution in [3.8, 4) is 5.75 Å². The van der Waals surface area contributed by atoms with E-state index in [-0.39, 0.29) is 5.91 Å². The first kappa shape index (κ1) is 16.7. The number of amides is 1. The topological polar surface area (TPSA) is 38.3 Å². The highest BCUT2D eigenvalue weighted by Gasteiger charge is 2.08. The van der Waals surface area contributed by atoms with E-state index in [4.69, 9.17) is 27.9 Å². The van der Waals surface area contributed by atoms with Gasteiger partial charge in [-0.15, -0.1) is 0 Å². The molecule has 5 heteroatoms. The molecule has 0 unspecified atom stereocenters. The first-order valence-corrected chi connectivity index (χ1v) is 7.84. The highest BCUT2D eigenvalue weighted by atomic mass is 35.5. The lowest BCUT2D eigenvalue weighted by Crippen LogP contribution is -2.12. The minimum Gasteiger partial charge on any atom is -0.494 e. The fourth-order valence-corrected chi connectivity index (χ4v) is 2.42. The Morgan fingerprint density at radius 1 is 1.14 bits per heavy atom. The standard InChI is InChI=1S/C17H17Cl2NO2/c1-2-3-7-22-16-6-4-5-12(8-16)17(21)20-15-10-13(18)9-14(19)11-15/h4-6,8-11H,2-3,7H2,1H3,(H,20,21). The molecule has 0 aliphatic rings. The molecule has 0 saturated carbocycles. The van der Waals surface area contributed by atoms with Crippen molar-refractivity contribution in [2.24, 2.45) is 0 Å². The molecule has 22 heavy (non-hydrogen) atoms. The van der Waals surface area contributed by atoms with Gasteiger partial charge in [0, 0.05) is 21.3 Å². The predicted molar refractivity (Wildman–Crippen MR) is 91.3 cm³/mol. The summed E-state index contributed by atoms with van der Waals surface area (Å²) >= 11 is 11.8. The molecule has 0 saturated heterocycles.